The summed E-state index contributed by atoms with van der Waals surface area (Å²) in [6.07, 6.45) is 6.89. The number of carbonyl (C=O) groups is 2. The molecule has 4 rings (SSSR count). The molecule has 1 aromatic carbocycles. The lowest BCUT2D eigenvalue weighted by Gasteiger charge is -2.08. The van der Waals surface area contributed by atoms with Gasteiger partial charge in [0.25, 0.3) is 5.91 Å². The van der Waals surface area contributed by atoms with E-state index < -0.39 is 5.97 Å². The highest BCUT2D eigenvalue weighted by molar-refractivity contribution is 6.07. The second kappa shape index (κ2) is 8.43. The predicted molar refractivity (Wildman–Crippen MR) is 117 cm³/mol. The average Bonchev–Trinajstić information content (AvgIpc) is 3.35. The highest BCUT2D eigenvalue weighted by Gasteiger charge is 2.24. The molecule has 3 heterocycles. The molecule has 0 bridgehead atoms. The third-order valence-electron chi connectivity index (χ3n) is 5.08. The molecule has 0 radical (unpaired) electrons. The molecule has 3 aromatic heterocycles. The summed E-state index contributed by atoms with van der Waals surface area (Å²) in [5.74, 6) is -0.115. The van der Waals surface area contributed by atoms with Gasteiger partial charge in [-0.15, -0.1) is 0 Å². The van der Waals surface area contributed by atoms with Crippen LogP contribution in [0.2, 0.25) is 0 Å². The minimum absolute atomic E-state index is 0.300. The number of aromatic amines is 1. The Kier molecular flexibility index (Phi) is 5.53. The van der Waals surface area contributed by atoms with Gasteiger partial charge in [-0.3, -0.25) is 9.20 Å². The quantitative estimate of drug-likeness (QED) is 0.461. The van der Waals surface area contributed by atoms with Crippen LogP contribution in [-0.4, -0.2) is 38.3 Å². The van der Waals surface area contributed by atoms with Gasteiger partial charge in [0.15, 0.2) is 0 Å². The number of esters is 1. The molecule has 4 aromatic rings. The summed E-state index contributed by atoms with van der Waals surface area (Å²) in [5, 5.41) is 2.90. The molecule has 0 spiro atoms. The van der Waals surface area contributed by atoms with Gasteiger partial charge in [0.2, 0.25) is 5.78 Å². The number of imidazole rings is 1. The number of ether oxygens (including phenoxy) is 1. The highest BCUT2D eigenvalue weighted by Crippen LogP contribution is 2.24. The number of rotatable bonds is 6. The SMILES string of the molecule is CCCc1c(C(=O)Nc2ccc(-c3cn4cccnc4n3)cc2)[nH]c(C)c1C(=O)OC. The van der Waals surface area contributed by atoms with Crippen molar-refractivity contribution in [1.29, 1.82) is 0 Å². The van der Waals surface area contributed by atoms with Gasteiger partial charge in [0.1, 0.15) is 5.69 Å². The molecule has 0 fully saturated rings. The van der Waals surface area contributed by atoms with Crippen LogP contribution in [0.25, 0.3) is 17.0 Å². The number of amides is 1. The van der Waals surface area contributed by atoms with Crippen molar-refractivity contribution >= 4 is 23.3 Å². The Hall–Kier alpha value is -3.94. The first kappa shape index (κ1) is 20.3. The van der Waals surface area contributed by atoms with Crippen LogP contribution in [0, 0.1) is 6.92 Å². The second-order valence-electron chi connectivity index (χ2n) is 7.20. The van der Waals surface area contributed by atoms with E-state index in [2.05, 4.69) is 20.3 Å². The van der Waals surface area contributed by atoms with Crippen molar-refractivity contribution in [3.8, 4) is 11.3 Å². The van der Waals surface area contributed by atoms with E-state index in [1.54, 1.807) is 13.1 Å². The third kappa shape index (κ3) is 3.92. The smallest absolute Gasteiger partial charge is 0.339 e. The van der Waals surface area contributed by atoms with Gasteiger partial charge < -0.3 is 15.0 Å². The molecule has 0 saturated carbocycles. The van der Waals surface area contributed by atoms with Gasteiger partial charge >= 0.3 is 5.97 Å². The Morgan fingerprint density at radius 2 is 2.00 bits per heavy atom. The van der Waals surface area contributed by atoms with Crippen molar-refractivity contribution in [2.45, 2.75) is 26.7 Å². The van der Waals surface area contributed by atoms with Gasteiger partial charge in [-0.2, -0.15) is 0 Å². The number of aryl methyl sites for hydroxylation is 1. The topological polar surface area (TPSA) is 101 Å². The number of methoxy groups -OCH3 is 1. The number of benzene rings is 1. The molecule has 31 heavy (non-hydrogen) atoms. The van der Waals surface area contributed by atoms with Crippen LogP contribution in [0.15, 0.2) is 48.9 Å². The summed E-state index contributed by atoms with van der Waals surface area (Å²) < 4.78 is 6.74. The lowest BCUT2D eigenvalue weighted by molar-refractivity contribution is 0.0599. The van der Waals surface area contributed by atoms with Gasteiger partial charge in [-0.05, 0) is 37.1 Å². The monoisotopic (exact) mass is 417 g/mol. The van der Waals surface area contributed by atoms with E-state index >= 15 is 0 Å². The first-order valence-corrected chi connectivity index (χ1v) is 10.0. The predicted octanol–water partition coefficient (Wildman–Crippen LogP) is 4.02. The average molecular weight is 417 g/mol. The largest absolute Gasteiger partial charge is 0.465 e. The van der Waals surface area contributed by atoms with Gasteiger partial charge in [0.05, 0.1) is 18.4 Å². The van der Waals surface area contributed by atoms with E-state index in [0.29, 0.717) is 40.4 Å². The number of hydrogen-bond donors (Lipinski definition) is 2. The summed E-state index contributed by atoms with van der Waals surface area (Å²) in [4.78, 5) is 36.9. The fraction of sp³-hybridized carbons (Fsp3) is 0.217. The molecule has 8 nitrogen and oxygen atoms in total. The Bertz CT molecular complexity index is 1220. The molecule has 0 aliphatic carbocycles. The number of aromatic nitrogens is 4. The molecule has 0 aliphatic heterocycles. The number of H-pyrrole nitrogens is 1. The lowest BCUT2D eigenvalue weighted by atomic mass is 10.0. The van der Waals surface area contributed by atoms with E-state index in [-0.39, 0.29) is 5.91 Å². The Balaban J connectivity index is 1.57. The van der Waals surface area contributed by atoms with E-state index in [4.69, 9.17) is 4.74 Å². The Morgan fingerprint density at radius 3 is 2.68 bits per heavy atom. The highest BCUT2D eigenvalue weighted by atomic mass is 16.5. The normalized spacial score (nSPS) is 10.9. The molecule has 8 heteroatoms. The van der Waals surface area contributed by atoms with Crippen molar-refractivity contribution in [3.05, 3.63) is 71.4 Å². The van der Waals surface area contributed by atoms with E-state index in [9.17, 15) is 9.59 Å². The lowest BCUT2D eigenvalue weighted by Crippen LogP contribution is -2.15. The summed E-state index contributed by atoms with van der Waals surface area (Å²) in [6.45, 7) is 3.76. The summed E-state index contributed by atoms with van der Waals surface area (Å²) in [7, 11) is 1.34. The van der Waals surface area contributed by atoms with Crippen molar-refractivity contribution < 1.29 is 14.3 Å². The summed E-state index contributed by atoms with van der Waals surface area (Å²) in [6, 6.07) is 9.27. The van der Waals surface area contributed by atoms with E-state index in [1.807, 2.05) is 54.0 Å². The van der Waals surface area contributed by atoms with Crippen LogP contribution in [0.4, 0.5) is 5.69 Å². The third-order valence-corrected chi connectivity index (χ3v) is 5.08. The zero-order valence-corrected chi connectivity index (χ0v) is 17.6. The molecule has 158 valence electrons. The van der Waals surface area contributed by atoms with Crippen LogP contribution in [0.5, 0.6) is 0 Å². The zero-order chi connectivity index (χ0) is 22.0. The fourth-order valence-corrected chi connectivity index (χ4v) is 3.64. The van der Waals surface area contributed by atoms with Crippen molar-refractivity contribution in [2.75, 3.05) is 12.4 Å². The number of hydrogen-bond acceptors (Lipinski definition) is 5. The van der Waals surface area contributed by atoms with Crippen LogP contribution in [-0.2, 0) is 11.2 Å². The van der Waals surface area contributed by atoms with Gasteiger partial charge in [-0.1, -0.05) is 25.5 Å². The van der Waals surface area contributed by atoms with Gasteiger partial charge in [-0.25, -0.2) is 14.8 Å². The van der Waals surface area contributed by atoms with Crippen LogP contribution < -0.4 is 5.32 Å². The Labute approximate surface area is 179 Å². The van der Waals surface area contributed by atoms with Crippen molar-refractivity contribution in [3.63, 3.8) is 0 Å². The Morgan fingerprint density at radius 1 is 1.23 bits per heavy atom. The number of carbonyl (C=O) groups excluding carboxylic acids is 2. The van der Waals surface area contributed by atoms with Crippen LogP contribution >= 0.6 is 0 Å². The maximum atomic E-state index is 12.9. The first-order chi connectivity index (χ1) is 15.0. The molecule has 0 atom stereocenters. The van der Waals surface area contributed by atoms with E-state index in [1.165, 1.54) is 7.11 Å². The summed E-state index contributed by atoms with van der Waals surface area (Å²) >= 11 is 0. The number of fused-ring (bicyclic) bond motifs is 1. The molecular weight excluding hydrogens is 394 g/mol. The molecule has 0 aliphatic rings. The number of anilines is 1. The number of nitrogens with zero attached hydrogens (tertiary/aromatic N) is 3. The molecule has 0 saturated heterocycles. The van der Waals surface area contributed by atoms with Crippen LogP contribution in [0.3, 0.4) is 0 Å². The minimum Gasteiger partial charge on any atom is -0.465 e. The number of nitrogens with one attached hydrogen (secondary N) is 2. The van der Waals surface area contributed by atoms with Crippen molar-refractivity contribution in [2.24, 2.45) is 0 Å². The standard InChI is InChI=1S/C23H23N5O3/c1-4-6-17-19(22(30)31-3)14(2)25-20(17)21(29)26-16-9-7-15(8-10-16)18-13-28-12-5-11-24-23(28)27-18/h5,7-13,25H,4,6H2,1-3H3,(H,26,29). The first-order valence-electron chi connectivity index (χ1n) is 10.0. The molecular formula is C23H23N5O3. The van der Waals surface area contributed by atoms with Crippen LogP contribution in [0.1, 0.15) is 45.4 Å². The maximum absolute atomic E-state index is 12.9. The minimum atomic E-state index is -0.442. The zero-order valence-electron chi connectivity index (χ0n) is 17.6. The van der Waals surface area contributed by atoms with Crippen molar-refractivity contribution in [1.82, 2.24) is 19.4 Å². The summed E-state index contributed by atoms with van der Waals surface area (Å²) in [5.41, 5.74) is 4.48. The maximum Gasteiger partial charge on any atom is 0.339 e. The molecule has 2 N–H and O–H groups in total. The fourth-order valence-electron chi connectivity index (χ4n) is 3.64. The van der Waals surface area contributed by atoms with E-state index in [0.717, 1.165) is 17.7 Å². The molecule has 0 unspecified atom stereocenters. The second-order valence-corrected chi connectivity index (χ2v) is 7.20. The molecule has 1 amide bonds. The van der Waals surface area contributed by atoms with Gasteiger partial charge in [0, 0.05) is 35.5 Å².